The Morgan fingerprint density at radius 1 is 0.714 bits per heavy atom. The molecule has 2 aliphatic rings. The summed E-state index contributed by atoms with van der Waals surface area (Å²) in [5.41, 5.74) is 2.83. The minimum atomic E-state index is 0.982. The molecule has 0 bridgehead atoms. The van der Waals surface area contributed by atoms with E-state index in [1.54, 1.807) is 12.8 Å². The van der Waals surface area contributed by atoms with Gasteiger partial charge in [0.15, 0.2) is 0 Å². The summed E-state index contributed by atoms with van der Waals surface area (Å²) >= 11 is 0. The Morgan fingerprint density at radius 2 is 1.25 bits per heavy atom. The van der Waals surface area contributed by atoms with Gasteiger partial charge in [-0.25, -0.2) is 0 Å². The van der Waals surface area contributed by atoms with Crippen molar-refractivity contribution in [2.75, 3.05) is 19.0 Å². The highest BCUT2D eigenvalue weighted by Gasteiger charge is 2.30. The van der Waals surface area contributed by atoms with Crippen molar-refractivity contribution in [1.82, 2.24) is 0 Å². The number of rotatable bonds is 9. The molecule has 1 aromatic rings. The van der Waals surface area contributed by atoms with Crippen LogP contribution in [-0.4, -0.2) is 14.1 Å². The normalized spacial score (nSPS) is 28.2. The van der Waals surface area contributed by atoms with E-state index in [0.717, 1.165) is 23.7 Å². The Labute approximate surface area is 175 Å². The number of aryl methyl sites for hydroxylation is 1. The van der Waals surface area contributed by atoms with Gasteiger partial charge in [0, 0.05) is 19.8 Å². The highest BCUT2D eigenvalue weighted by molar-refractivity contribution is 5.45. The molecule has 3 rings (SSSR count). The second-order valence-corrected chi connectivity index (χ2v) is 10.2. The first-order valence-electron chi connectivity index (χ1n) is 12.4. The standard InChI is InChI=1S/C27H45N/c1-4-5-6-7-22-10-16-25(17-11-22)26-18-12-23(13-19-26)8-9-24-14-20-27(21-15-24)28(2)3/h14-15,20-23,25-26H,4-13,16-19H2,1-3H3. The minimum absolute atomic E-state index is 0.982. The van der Waals surface area contributed by atoms with E-state index >= 15 is 0 Å². The summed E-state index contributed by atoms with van der Waals surface area (Å²) in [4.78, 5) is 2.18. The summed E-state index contributed by atoms with van der Waals surface area (Å²) in [5, 5.41) is 0. The molecule has 28 heavy (non-hydrogen) atoms. The van der Waals surface area contributed by atoms with Crippen LogP contribution in [0.15, 0.2) is 24.3 Å². The minimum Gasteiger partial charge on any atom is -0.378 e. The maximum absolute atomic E-state index is 2.33. The molecule has 2 aliphatic carbocycles. The average molecular weight is 384 g/mol. The molecule has 1 nitrogen and oxygen atoms in total. The zero-order chi connectivity index (χ0) is 19.8. The first kappa shape index (κ1) is 21.7. The van der Waals surface area contributed by atoms with Gasteiger partial charge in [0.1, 0.15) is 0 Å². The van der Waals surface area contributed by atoms with E-state index in [-0.39, 0.29) is 0 Å². The van der Waals surface area contributed by atoms with Crippen LogP contribution in [0, 0.1) is 23.7 Å². The third-order valence-electron chi connectivity index (χ3n) is 7.96. The van der Waals surface area contributed by atoms with Gasteiger partial charge in [-0.2, -0.15) is 0 Å². The van der Waals surface area contributed by atoms with Crippen molar-refractivity contribution in [1.29, 1.82) is 0 Å². The third kappa shape index (κ3) is 6.53. The summed E-state index contributed by atoms with van der Waals surface area (Å²) in [6.07, 6.45) is 20.7. The lowest BCUT2D eigenvalue weighted by Crippen LogP contribution is -2.26. The molecule has 0 unspecified atom stereocenters. The molecule has 0 radical (unpaired) electrons. The first-order chi connectivity index (χ1) is 13.7. The summed E-state index contributed by atoms with van der Waals surface area (Å²) in [7, 11) is 4.23. The first-order valence-corrected chi connectivity index (χ1v) is 12.4. The summed E-state index contributed by atoms with van der Waals surface area (Å²) < 4.78 is 0. The smallest absolute Gasteiger partial charge is 0.0361 e. The fourth-order valence-corrected chi connectivity index (χ4v) is 5.91. The van der Waals surface area contributed by atoms with Crippen LogP contribution in [-0.2, 0) is 6.42 Å². The number of hydrogen-bond acceptors (Lipinski definition) is 1. The second kappa shape index (κ2) is 11.3. The largest absolute Gasteiger partial charge is 0.378 e. The number of hydrogen-bond donors (Lipinski definition) is 0. The van der Waals surface area contributed by atoms with E-state index in [0.29, 0.717) is 0 Å². The lowest BCUT2D eigenvalue weighted by molar-refractivity contribution is 0.140. The average Bonchev–Trinajstić information content (AvgIpc) is 2.74. The Morgan fingerprint density at radius 3 is 1.75 bits per heavy atom. The van der Waals surface area contributed by atoms with Gasteiger partial charge >= 0.3 is 0 Å². The molecule has 0 saturated heterocycles. The molecular formula is C27H45N. The van der Waals surface area contributed by atoms with Crippen molar-refractivity contribution in [3.8, 4) is 0 Å². The van der Waals surface area contributed by atoms with Gasteiger partial charge in [-0.05, 0) is 79.9 Å². The summed E-state index contributed by atoms with van der Waals surface area (Å²) in [6, 6.07) is 9.20. The van der Waals surface area contributed by atoms with E-state index in [1.807, 2.05) is 0 Å². The predicted octanol–water partition coefficient (Wildman–Crippen LogP) is 7.88. The number of benzene rings is 1. The van der Waals surface area contributed by atoms with E-state index < -0.39 is 0 Å². The molecule has 158 valence electrons. The number of unbranched alkanes of at least 4 members (excludes halogenated alkanes) is 2. The molecule has 1 aromatic carbocycles. The zero-order valence-corrected chi connectivity index (χ0v) is 19.0. The SMILES string of the molecule is CCCCCC1CCC(C2CCC(CCc3ccc(N(C)C)cc3)CC2)CC1. The molecule has 0 atom stereocenters. The maximum Gasteiger partial charge on any atom is 0.0361 e. The van der Waals surface area contributed by atoms with Crippen molar-refractivity contribution >= 4 is 5.69 Å². The Balaban J connectivity index is 1.32. The van der Waals surface area contributed by atoms with E-state index in [2.05, 4.69) is 50.2 Å². The zero-order valence-electron chi connectivity index (χ0n) is 19.0. The second-order valence-electron chi connectivity index (χ2n) is 10.2. The van der Waals surface area contributed by atoms with E-state index in [4.69, 9.17) is 0 Å². The molecular weight excluding hydrogens is 338 g/mol. The molecule has 1 heteroatoms. The molecule has 0 heterocycles. The molecule has 0 aromatic heterocycles. The van der Waals surface area contributed by atoms with Gasteiger partial charge in [-0.15, -0.1) is 0 Å². The fraction of sp³-hybridized carbons (Fsp3) is 0.778. The van der Waals surface area contributed by atoms with Crippen molar-refractivity contribution in [3.05, 3.63) is 29.8 Å². The third-order valence-corrected chi connectivity index (χ3v) is 7.96. The van der Waals surface area contributed by atoms with Gasteiger partial charge in [-0.1, -0.05) is 70.4 Å². The summed E-state index contributed by atoms with van der Waals surface area (Å²) in [6.45, 7) is 2.33. The quantitative estimate of drug-likeness (QED) is 0.392. The van der Waals surface area contributed by atoms with Gasteiger partial charge in [0.2, 0.25) is 0 Å². The molecule has 0 spiro atoms. The van der Waals surface area contributed by atoms with Crippen LogP contribution in [0.4, 0.5) is 5.69 Å². The molecule has 0 aliphatic heterocycles. The van der Waals surface area contributed by atoms with Gasteiger partial charge in [-0.3, -0.25) is 0 Å². The van der Waals surface area contributed by atoms with Crippen LogP contribution < -0.4 is 4.90 Å². The van der Waals surface area contributed by atoms with E-state index in [1.165, 1.54) is 88.3 Å². The van der Waals surface area contributed by atoms with Crippen molar-refractivity contribution in [2.45, 2.75) is 96.8 Å². The van der Waals surface area contributed by atoms with Crippen LogP contribution >= 0.6 is 0 Å². The van der Waals surface area contributed by atoms with Gasteiger partial charge in [0.25, 0.3) is 0 Å². The number of anilines is 1. The van der Waals surface area contributed by atoms with Crippen molar-refractivity contribution in [3.63, 3.8) is 0 Å². The monoisotopic (exact) mass is 383 g/mol. The Bertz CT molecular complexity index is 530. The highest BCUT2D eigenvalue weighted by Crippen LogP contribution is 2.43. The lowest BCUT2D eigenvalue weighted by atomic mass is 9.68. The highest BCUT2D eigenvalue weighted by atomic mass is 15.1. The molecule has 2 fully saturated rings. The van der Waals surface area contributed by atoms with Crippen LogP contribution in [0.1, 0.15) is 96.0 Å². The van der Waals surface area contributed by atoms with Crippen molar-refractivity contribution < 1.29 is 0 Å². The van der Waals surface area contributed by atoms with Crippen molar-refractivity contribution in [2.24, 2.45) is 23.7 Å². The predicted molar refractivity (Wildman–Crippen MR) is 124 cm³/mol. The lowest BCUT2D eigenvalue weighted by Gasteiger charge is -2.38. The van der Waals surface area contributed by atoms with Crippen LogP contribution in [0.5, 0.6) is 0 Å². The van der Waals surface area contributed by atoms with Gasteiger partial charge in [0.05, 0.1) is 0 Å². The Kier molecular flexibility index (Phi) is 8.74. The maximum atomic E-state index is 2.33. The van der Waals surface area contributed by atoms with Gasteiger partial charge < -0.3 is 4.90 Å². The van der Waals surface area contributed by atoms with Crippen LogP contribution in [0.2, 0.25) is 0 Å². The van der Waals surface area contributed by atoms with E-state index in [9.17, 15) is 0 Å². The molecule has 0 amide bonds. The summed E-state index contributed by atoms with van der Waals surface area (Å²) in [5.74, 6) is 4.18. The molecule has 0 N–H and O–H groups in total. The van der Waals surface area contributed by atoms with Crippen LogP contribution in [0.3, 0.4) is 0 Å². The topological polar surface area (TPSA) is 3.24 Å². The van der Waals surface area contributed by atoms with Crippen LogP contribution in [0.25, 0.3) is 0 Å². The number of nitrogens with zero attached hydrogens (tertiary/aromatic N) is 1. The molecule has 2 saturated carbocycles. The Hall–Kier alpha value is -0.980. The fourth-order valence-electron chi connectivity index (χ4n) is 5.91.